The number of aliphatic hydroxyl groups is 1. The molecule has 2 amide bonds. The molecule has 0 heterocycles. The zero-order valence-corrected chi connectivity index (χ0v) is 12.0. The molecule has 0 radical (unpaired) electrons. The topological polar surface area (TPSA) is 70.6 Å². The number of hydrogen-bond donors (Lipinski definition) is 3. The van der Waals surface area contributed by atoms with Crippen LogP contribution in [0, 0.1) is 6.92 Å². The lowest BCUT2D eigenvalue weighted by Gasteiger charge is -2.15. The minimum absolute atomic E-state index is 0.0891. The fourth-order valence-electron chi connectivity index (χ4n) is 1.71. The van der Waals surface area contributed by atoms with Gasteiger partial charge in [-0.3, -0.25) is 0 Å². The van der Waals surface area contributed by atoms with E-state index in [2.05, 4.69) is 15.4 Å². The van der Waals surface area contributed by atoms with E-state index in [-0.39, 0.29) is 18.0 Å². The van der Waals surface area contributed by atoms with Crippen LogP contribution in [0.2, 0.25) is 0 Å². The van der Waals surface area contributed by atoms with Gasteiger partial charge >= 0.3 is 12.6 Å². The van der Waals surface area contributed by atoms with Crippen LogP contribution in [-0.2, 0) is 0 Å². The molecule has 7 heteroatoms. The smallest absolute Gasteiger partial charge is 0.387 e. The Bertz CT molecular complexity index is 470. The van der Waals surface area contributed by atoms with Crippen molar-refractivity contribution in [3.63, 3.8) is 0 Å². The number of carbonyl (C=O) groups is 1. The first-order valence-electron chi connectivity index (χ1n) is 6.71. The maximum Gasteiger partial charge on any atom is 0.387 e. The van der Waals surface area contributed by atoms with Crippen molar-refractivity contribution in [3.05, 3.63) is 23.8 Å². The molecule has 0 aliphatic heterocycles. The standard InChI is InChI=1S/C14H20F2N2O3/c1-3-10(19)7-8-17-14(20)18-12-9(2)5-4-6-11(12)21-13(15)16/h4-6,10,13,19H,3,7-8H2,1-2H3,(H2,17,18,20). The summed E-state index contributed by atoms with van der Waals surface area (Å²) in [6.45, 7) is 0.841. The number of para-hydroxylation sites is 1. The summed E-state index contributed by atoms with van der Waals surface area (Å²) < 4.78 is 29.0. The predicted octanol–water partition coefficient (Wildman–Crippen LogP) is 2.88. The summed E-state index contributed by atoms with van der Waals surface area (Å²) in [5.41, 5.74) is 0.809. The molecule has 0 saturated heterocycles. The Kier molecular flexibility index (Phi) is 6.87. The molecule has 118 valence electrons. The summed E-state index contributed by atoms with van der Waals surface area (Å²) in [6.07, 6.45) is 0.562. The average Bonchev–Trinajstić information content (AvgIpc) is 2.42. The van der Waals surface area contributed by atoms with Crippen LogP contribution < -0.4 is 15.4 Å². The van der Waals surface area contributed by atoms with E-state index in [1.54, 1.807) is 19.1 Å². The van der Waals surface area contributed by atoms with Gasteiger partial charge in [-0.2, -0.15) is 8.78 Å². The number of benzene rings is 1. The van der Waals surface area contributed by atoms with Crippen molar-refractivity contribution in [2.45, 2.75) is 39.4 Å². The van der Waals surface area contributed by atoms with Gasteiger partial charge in [0.25, 0.3) is 0 Å². The fourth-order valence-corrected chi connectivity index (χ4v) is 1.71. The maximum absolute atomic E-state index is 12.3. The number of alkyl halides is 2. The molecule has 0 spiro atoms. The number of carbonyl (C=O) groups excluding carboxylic acids is 1. The summed E-state index contributed by atoms with van der Waals surface area (Å²) >= 11 is 0. The van der Waals surface area contributed by atoms with E-state index in [0.717, 1.165) is 0 Å². The number of rotatable bonds is 7. The van der Waals surface area contributed by atoms with E-state index in [1.165, 1.54) is 6.07 Å². The Hall–Kier alpha value is -1.89. The number of hydrogen-bond acceptors (Lipinski definition) is 3. The molecule has 0 aromatic heterocycles. The molecule has 3 N–H and O–H groups in total. The van der Waals surface area contributed by atoms with E-state index >= 15 is 0 Å². The van der Waals surface area contributed by atoms with Crippen molar-refractivity contribution < 1.29 is 23.4 Å². The van der Waals surface area contributed by atoms with Gasteiger partial charge in [0, 0.05) is 6.54 Å². The Balaban J connectivity index is 2.62. The summed E-state index contributed by atoms with van der Waals surface area (Å²) in [5.74, 6) is -0.0891. The van der Waals surface area contributed by atoms with Crippen LogP contribution in [0.4, 0.5) is 19.3 Å². The van der Waals surface area contributed by atoms with Crippen molar-refractivity contribution in [2.75, 3.05) is 11.9 Å². The van der Waals surface area contributed by atoms with Gasteiger partial charge in [0.2, 0.25) is 0 Å². The first kappa shape index (κ1) is 17.2. The average molecular weight is 302 g/mol. The summed E-state index contributed by atoms with van der Waals surface area (Å²) in [6, 6.07) is 4.06. The molecule has 0 fully saturated rings. The third-order valence-corrected chi connectivity index (χ3v) is 2.92. The molecule has 1 rings (SSSR count). The molecule has 1 aromatic carbocycles. The largest absolute Gasteiger partial charge is 0.433 e. The number of urea groups is 1. The van der Waals surface area contributed by atoms with E-state index in [4.69, 9.17) is 0 Å². The molecule has 0 aliphatic carbocycles. The van der Waals surface area contributed by atoms with E-state index in [0.29, 0.717) is 18.4 Å². The number of aliphatic hydroxyl groups excluding tert-OH is 1. The van der Waals surface area contributed by atoms with Crippen molar-refractivity contribution in [3.8, 4) is 5.75 Å². The SMILES string of the molecule is CCC(O)CCNC(=O)Nc1c(C)cccc1OC(F)F. The second-order valence-electron chi connectivity index (χ2n) is 4.56. The maximum atomic E-state index is 12.3. The Morgan fingerprint density at radius 3 is 2.76 bits per heavy atom. The molecule has 5 nitrogen and oxygen atoms in total. The van der Waals surface area contributed by atoms with Crippen LogP contribution in [0.1, 0.15) is 25.3 Å². The minimum Gasteiger partial charge on any atom is -0.433 e. The van der Waals surface area contributed by atoms with Crippen LogP contribution in [-0.4, -0.2) is 30.4 Å². The van der Waals surface area contributed by atoms with E-state index < -0.39 is 18.7 Å². The quantitative estimate of drug-likeness (QED) is 0.725. The molecule has 1 unspecified atom stereocenters. The van der Waals surface area contributed by atoms with Crippen molar-refractivity contribution in [2.24, 2.45) is 0 Å². The minimum atomic E-state index is -2.96. The predicted molar refractivity (Wildman–Crippen MR) is 75.7 cm³/mol. The molecular weight excluding hydrogens is 282 g/mol. The summed E-state index contributed by atoms with van der Waals surface area (Å²) in [4.78, 5) is 11.7. The highest BCUT2D eigenvalue weighted by Gasteiger charge is 2.14. The lowest BCUT2D eigenvalue weighted by atomic mass is 10.2. The van der Waals surface area contributed by atoms with Gasteiger partial charge in [-0.05, 0) is 31.4 Å². The first-order valence-corrected chi connectivity index (χ1v) is 6.71. The van der Waals surface area contributed by atoms with Crippen molar-refractivity contribution >= 4 is 11.7 Å². The Labute approximate surface area is 122 Å². The fraction of sp³-hybridized carbons (Fsp3) is 0.500. The molecule has 1 atom stereocenters. The second kappa shape index (κ2) is 8.41. The molecule has 21 heavy (non-hydrogen) atoms. The lowest BCUT2D eigenvalue weighted by Crippen LogP contribution is -2.31. The highest BCUT2D eigenvalue weighted by molar-refractivity contribution is 5.91. The number of nitrogens with one attached hydrogen (secondary N) is 2. The zero-order chi connectivity index (χ0) is 15.8. The molecule has 0 saturated carbocycles. The first-order chi connectivity index (χ1) is 9.93. The van der Waals surface area contributed by atoms with Crippen LogP contribution in [0.15, 0.2) is 18.2 Å². The normalized spacial score (nSPS) is 12.1. The Morgan fingerprint density at radius 1 is 1.43 bits per heavy atom. The van der Waals surface area contributed by atoms with Crippen LogP contribution in [0.3, 0.4) is 0 Å². The monoisotopic (exact) mass is 302 g/mol. The highest BCUT2D eigenvalue weighted by Crippen LogP contribution is 2.29. The Morgan fingerprint density at radius 2 is 2.14 bits per heavy atom. The zero-order valence-electron chi connectivity index (χ0n) is 12.0. The summed E-state index contributed by atoms with van der Waals surface area (Å²) in [7, 11) is 0. The number of halogens is 2. The van der Waals surface area contributed by atoms with Gasteiger partial charge in [-0.25, -0.2) is 4.79 Å². The van der Waals surface area contributed by atoms with Crippen molar-refractivity contribution in [1.82, 2.24) is 5.32 Å². The molecule has 0 bridgehead atoms. The number of ether oxygens (including phenoxy) is 1. The van der Waals surface area contributed by atoms with Gasteiger partial charge in [-0.15, -0.1) is 0 Å². The van der Waals surface area contributed by atoms with Crippen LogP contribution in [0.25, 0.3) is 0 Å². The van der Waals surface area contributed by atoms with Gasteiger partial charge in [0.1, 0.15) is 5.75 Å². The summed E-state index contributed by atoms with van der Waals surface area (Å²) in [5, 5.41) is 14.4. The van der Waals surface area contributed by atoms with Gasteiger partial charge in [0.15, 0.2) is 0 Å². The van der Waals surface area contributed by atoms with Crippen LogP contribution >= 0.6 is 0 Å². The highest BCUT2D eigenvalue weighted by atomic mass is 19.3. The van der Waals surface area contributed by atoms with E-state index in [9.17, 15) is 18.7 Å². The third kappa shape index (κ3) is 5.95. The molecule has 0 aliphatic rings. The third-order valence-electron chi connectivity index (χ3n) is 2.92. The van der Waals surface area contributed by atoms with Gasteiger partial charge in [0.05, 0.1) is 11.8 Å². The number of amides is 2. The van der Waals surface area contributed by atoms with Crippen molar-refractivity contribution in [1.29, 1.82) is 0 Å². The molecule has 1 aromatic rings. The number of aryl methyl sites for hydroxylation is 1. The number of anilines is 1. The van der Waals surface area contributed by atoms with Gasteiger partial charge < -0.3 is 20.5 Å². The second-order valence-corrected chi connectivity index (χ2v) is 4.56. The van der Waals surface area contributed by atoms with Gasteiger partial charge in [-0.1, -0.05) is 19.1 Å². The van der Waals surface area contributed by atoms with E-state index in [1.807, 2.05) is 6.92 Å². The van der Waals surface area contributed by atoms with Crippen LogP contribution in [0.5, 0.6) is 5.75 Å². The lowest BCUT2D eigenvalue weighted by molar-refractivity contribution is -0.0493. The molecular formula is C14H20F2N2O3.